The van der Waals surface area contributed by atoms with E-state index >= 15 is 0 Å². The van der Waals surface area contributed by atoms with Crippen LogP contribution in [0.15, 0.2) is 35.8 Å². The van der Waals surface area contributed by atoms with Crippen molar-refractivity contribution in [3.8, 4) is 0 Å². The summed E-state index contributed by atoms with van der Waals surface area (Å²) < 4.78 is 1.28. The minimum atomic E-state index is 0. The molecule has 1 saturated heterocycles. The Morgan fingerprint density at radius 3 is 2.65 bits per heavy atom. The molecule has 140 valence electrons. The van der Waals surface area contributed by atoms with Crippen molar-refractivity contribution in [3.63, 3.8) is 0 Å². The third-order valence-corrected chi connectivity index (χ3v) is 5.65. The summed E-state index contributed by atoms with van der Waals surface area (Å²) in [4.78, 5) is 11.5. The smallest absolute Gasteiger partial charge is 0.0815 e. The maximum atomic E-state index is 4.48. The molecule has 3 aromatic rings. The van der Waals surface area contributed by atoms with Gasteiger partial charge in [0.2, 0.25) is 0 Å². The van der Waals surface area contributed by atoms with Crippen molar-refractivity contribution in [2.45, 2.75) is 40.7 Å². The fourth-order valence-corrected chi connectivity index (χ4v) is 4.51. The van der Waals surface area contributed by atoms with Crippen LogP contribution in [0.25, 0.3) is 10.2 Å². The summed E-state index contributed by atoms with van der Waals surface area (Å²) in [5, 5.41) is 0. The van der Waals surface area contributed by atoms with E-state index in [1.807, 2.05) is 5.51 Å². The zero-order valence-electron chi connectivity index (χ0n) is 14.8. The predicted molar refractivity (Wildman–Crippen MR) is 118 cm³/mol. The first kappa shape index (κ1) is 20.9. The lowest BCUT2D eigenvalue weighted by Crippen LogP contribution is -2.20. The second kappa shape index (κ2) is 8.98. The summed E-state index contributed by atoms with van der Waals surface area (Å²) in [6.45, 7) is 7.61. The molecule has 1 aromatic carbocycles. The van der Waals surface area contributed by atoms with Crippen molar-refractivity contribution in [2.24, 2.45) is 5.92 Å². The van der Waals surface area contributed by atoms with E-state index in [1.54, 1.807) is 11.3 Å². The van der Waals surface area contributed by atoms with Gasteiger partial charge in [-0.1, -0.05) is 13.5 Å². The summed E-state index contributed by atoms with van der Waals surface area (Å²) in [6.07, 6.45) is 2.46. The molecular formula is C21H29N3S2. The molecule has 3 nitrogen and oxygen atoms in total. The van der Waals surface area contributed by atoms with Gasteiger partial charge in [0.05, 0.1) is 15.7 Å². The first-order valence-corrected chi connectivity index (χ1v) is 9.52. The summed E-state index contributed by atoms with van der Waals surface area (Å²) in [6, 6.07) is 11.2. The minimum absolute atomic E-state index is 0. The predicted octanol–water partition coefficient (Wildman–Crippen LogP) is 5.12. The number of thiazole rings is 1. The summed E-state index contributed by atoms with van der Waals surface area (Å²) in [5.74, 6) is 0.759. The normalized spacial score (nSPS) is 17.1. The van der Waals surface area contributed by atoms with Crippen molar-refractivity contribution >= 4 is 35.0 Å². The van der Waals surface area contributed by atoms with Crippen LogP contribution in [0.4, 0.5) is 0 Å². The van der Waals surface area contributed by atoms with Crippen LogP contribution in [0.5, 0.6) is 0 Å². The maximum absolute atomic E-state index is 4.48. The topological polar surface area (TPSA) is 29.0 Å². The Kier molecular flexibility index (Phi) is 7.21. The SMILES string of the molecule is C.Cc1cc(CC2CCN(Cc3ccc4scnc4c3)C2)cc(C)n1.S. The van der Waals surface area contributed by atoms with Gasteiger partial charge in [-0.05, 0) is 74.5 Å². The van der Waals surface area contributed by atoms with Gasteiger partial charge in [-0.2, -0.15) is 13.5 Å². The molecule has 5 heteroatoms. The van der Waals surface area contributed by atoms with Crippen molar-refractivity contribution in [1.29, 1.82) is 0 Å². The van der Waals surface area contributed by atoms with Crippen molar-refractivity contribution in [3.05, 3.63) is 58.4 Å². The number of nitrogens with zero attached hydrogens (tertiary/aromatic N) is 3. The van der Waals surface area contributed by atoms with E-state index in [9.17, 15) is 0 Å². The molecule has 4 rings (SSSR count). The number of aryl methyl sites for hydroxylation is 2. The van der Waals surface area contributed by atoms with Crippen molar-refractivity contribution in [1.82, 2.24) is 14.9 Å². The van der Waals surface area contributed by atoms with Gasteiger partial charge in [0.25, 0.3) is 0 Å². The van der Waals surface area contributed by atoms with Gasteiger partial charge in [-0.3, -0.25) is 9.88 Å². The zero-order chi connectivity index (χ0) is 16.5. The Bertz CT molecular complexity index is 839. The lowest BCUT2D eigenvalue weighted by Gasteiger charge is -2.16. The number of fused-ring (bicyclic) bond motifs is 1. The average Bonchev–Trinajstić information content (AvgIpc) is 3.15. The third kappa shape index (κ3) is 4.84. The lowest BCUT2D eigenvalue weighted by molar-refractivity contribution is 0.316. The Morgan fingerprint density at radius 2 is 1.88 bits per heavy atom. The summed E-state index contributed by atoms with van der Waals surface area (Å²) in [7, 11) is 0. The van der Waals surface area contributed by atoms with Crippen LogP contribution >= 0.6 is 24.8 Å². The monoisotopic (exact) mass is 387 g/mol. The molecule has 0 aliphatic carbocycles. The van der Waals surface area contributed by atoms with Crippen LogP contribution in [0, 0.1) is 19.8 Å². The summed E-state index contributed by atoms with van der Waals surface area (Å²) in [5.41, 5.74) is 8.16. The fourth-order valence-electron chi connectivity index (χ4n) is 3.86. The molecule has 1 unspecified atom stereocenters. The Hall–Kier alpha value is -1.43. The van der Waals surface area contributed by atoms with Gasteiger partial charge in [-0.15, -0.1) is 11.3 Å². The number of pyridine rings is 1. The highest BCUT2D eigenvalue weighted by atomic mass is 32.1. The highest BCUT2D eigenvalue weighted by Gasteiger charge is 2.23. The zero-order valence-corrected chi connectivity index (χ0v) is 16.6. The highest BCUT2D eigenvalue weighted by molar-refractivity contribution is 7.59. The lowest BCUT2D eigenvalue weighted by atomic mass is 9.98. The van der Waals surface area contributed by atoms with E-state index in [0.29, 0.717) is 0 Å². The second-order valence-electron chi connectivity index (χ2n) is 7.01. The first-order valence-electron chi connectivity index (χ1n) is 8.64. The van der Waals surface area contributed by atoms with E-state index in [0.717, 1.165) is 29.4 Å². The largest absolute Gasteiger partial charge is 0.299 e. The maximum Gasteiger partial charge on any atom is 0.0815 e. The van der Waals surface area contributed by atoms with Crippen LogP contribution in [0.3, 0.4) is 0 Å². The molecular weight excluding hydrogens is 358 g/mol. The van der Waals surface area contributed by atoms with E-state index in [2.05, 4.69) is 59.0 Å². The van der Waals surface area contributed by atoms with Crippen LogP contribution in [0.2, 0.25) is 0 Å². The van der Waals surface area contributed by atoms with Crippen LogP contribution in [-0.4, -0.2) is 28.0 Å². The number of hydrogen-bond donors (Lipinski definition) is 0. The minimum Gasteiger partial charge on any atom is -0.299 e. The molecule has 1 fully saturated rings. The van der Waals surface area contributed by atoms with Gasteiger partial charge in [0, 0.05) is 24.5 Å². The third-order valence-electron chi connectivity index (χ3n) is 4.84. The molecule has 0 amide bonds. The number of likely N-dealkylation sites (tertiary alicyclic amines) is 1. The fraction of sp³-hybridized carbons (Fsp3) is 0.429. The standard InChI is InChI=1S/C20H23N3S.CH4.H2S/c1-14-7-18(8-15(2)22-14)9-17-5-6-23(12-17)11-16-3-4-20-19(10-16)21-13-24-20;;/h3-4,7-8,10,13,17H,5-6,9,11-12H2,1-2H3;1H4;1H2. The van der Waals surface area contributed by atoms with E-state index < -0.39 is 0 Å². The van der Waals surface area contributed by atoms with E-state index in [-0.39, 0.29) is 20.9 Å². The van der Waals surface area contributed by atoms with Gasteiger partial charge >= 0.3 is 0 Å². The summed E-state index contributed by atoms with van der Waals surface area (Å²) >= 11 is 1.71. The van der Waals surface area contributed by atoms with Gasteiger partial charge in [0.15, 0.2) is 0 Å². The Morgan fingerprint density at radius 1 is 1.12 bits per heavy atom. The highest BCUT2D eigenvalue weighted by Crippen LogP contribution is 2.25. The Balaban J connectivity index is 0.00000121. The van der Waals surface area contributed by atoms with Gasteiger partial charge < -0.3 is 0 Å². The molecule has 26 heavy (non-hydrogen) atoms. The molecule has 1 aliphatic heterocycles. The molecule has 0 radical (unpaired) electrons. The second-order valence-corrected chi connectivity index (χ2v) is 7.89. The van der Waals surface area contributed by atoms with E-state index in [4.69, 9.17) is 0 Å². The van der Waals surface area contributed by atoms with Gasteiger partial charge in [0.1, 0.15) is 0 Å². The molecule has 0 spiro atoms. The molecule has 3 heterocycles. The first-order chi connectivity index (χ1) is 11.7. The number of benzene rings is 1. The molecule has 2 aromatic heterocycles. The molecule has 1 atom stereocenters. The Labute approximate surface area is 167 Å². The van der Waals surface area contributed by atoms with Crippen LogP contribution in [-0.2, 0) is 13.0 Å². The molecule has 0 N–H and O–H groups in total. The molecule has 0 bridgehead atoms. The van der Waals surface area contributed by atoms with Gasteiger partial charge in [-0.25, -0.2) is 4.98 Å². The van der Waals surface area contributed by atoms with Crippen LogP contribution in [0.1, 0.15) is 36.4 Å². The molecule has 0 saturated carbocycles. The number of rotatable bonds is 4. The number of aromatic nitrogens is 2. The number of hydrogen-bond acceptors (Lipinski definition) is 4. The van der Waals surface area contributed by atoms with Crippen molar-refractivity contribution in [2.75, 3.05) is 13.1 Å². The average molecular weight is 388 g/mol. The van der Waals surface area contributed by atoms with Crippen molar-refractivity contribution < 1.29 is 0 Å². The van der Waals surface area contributed by atoms with E-state index in [1.165, 1.54) is 41.8 Å². The van der Waals surface area contributed by atoms with Crippen LogP contribution < -0.4 is 0 Å². The quantitative estimate of drug-likeness (QED) is 0.622. The molecule has 1 aliphatic rings.